The van der Waals surface area contributed by atoms with Crippen LogP contribution in [0.1, 0.15) is 30.4 Å². The molecular formula is C20H24O2. The molecule has 1 N–H and O–H groups in total. The summed E-state index contributed by atoms with van der Waals surface area (Å²) in [7, 11) is 1.67. The molecule has 0 aliphatic rings. The number of ether oxygens (including phenoxy) is 1. The summed E-state index contributed by atoms with van der Waals surface area (Å²) in [6, 6.07) is 18.3. The number of rotatable bonds is 8. The van der Waals surface area contributed by atoms with Crippen LogP contribution >= 0.6 is 0 Å². The Labute approximate surface area is 133 Å². The van der Waals surface area contributed by atoms with Gasteiger partial charge >= 0.3 is 0 Å². The van der Waals surface area contributed by atoms with Crippen molar-refractivity contribution < 1.29 is 9.84 Å². The fraction of sp³-hybridized carbons (Fsp3) is 0.300. The highest BCUT2D eigenvalue weighted by atomic mass is 16.5. The molecule has 2 aromatic carbocycles. The van der Waals surface area contributed by atoms with Gasteiger partial charge in [-0.25, -0.2) is 0 Å². The molecule has 0 bridgehead atoms. The van der Waals surface area contributed by atoms with Crippen molar-refractivity contribution in [2.24, 2.45) is 0 Å². The van der Waals surface area contributed by atoms with E-state index in [0.717, 1.165) is 31.4 Å². The Morgan fingerprint density at radius 2 is 1.73 bits per heavy atom. The van der Waals surface area contributed by atoms with Gasteiger partial charge in [-0.1, -0.05) is 54.6 Å². The van der Waals surface area contributed by atoms with E-state index in [1.807, 2.05) is 30.3 Å². The van der Waals surface area contributed by atoms with Crippen molar-refractivity contribution in [3.8, 4) is 5.75 Å². The normalized spacial score (nSPS) is 12.5. The predicted molar refractivity (Wildman–Crippen MR) is 92.0 cm³/mol. The maximum atomic E-state index is 10.0. The third-order valence-electron chi connectivity index (χ3n) is 3.70. The topological polar surface area (TPSA) is 29.5 Å². The molecule has 0 aromatic heterocycles. The summed E-state index contributed by atoms with van der Waals surface area (Å²) in [6.07, 6.45) is 7.39. The number of allylic oxidation sites excluding steroid dienone is 1. The van der Waals surface area contributed by atoms with Gasteiger partial charge in [0.05, 0.1) is 13.2 Å². The van der Waals surface area contributed by atoms with Gasteiger partial charge in [0.15, 0.2) is 0 Å². The lowest BCUT2D eigenvalue weighted by Crippen LogP contribution is -2.07. The zero-order valence-corrected chi connectivity index (χ0v) is 13.1. The lowest BCUT2D eigenvalue weighted by Gasteiger charge is -2.09. The summed E-state index contributed by atoms with van der Waals surface area (Å²) in [5.41, 5.74) is 2.44. The van der Waals surface area contributed by atoms with Crippen molar-refractivity contribution in [3.63, 3.8) is 0 Å². The fourth-order valence-corrected chi connectivity index (χ4v) is 2.34. The van der Waals surface area contributed by atoms with E-state index in [1.54, 1.807) is 7.11 Å². The Balaban J connectivity index is 1.67. The van der Waals surface area contributed by atoms with Crippen LogP contribution in [0.4, 0.5) is 0 Å². The fourth-order valence-electron chi connectivity index (χ4n) is 2.34. The van der Waals surface area contributed by atoms with Gasteiger partial charge in [-0.3, -0.25) is 0 Å². The van der Waals surface area contributed by atoms with Crippen LogP contribution < -0.4 is 4.74 Å². The van der Waals surface area contributed by atoms with Gasteiger partial charge in [0, 0.05) is 0 Å². The Bertz CT molecular complexity index is 558. The molecule has 0 fully saturated rings. The molecule has 0 aliphatic heterocycles. The highest BCUT2D eigenvalue weighted by molar-refractivity contribution is 5.48. The second kappa shape index (κ2) is 9.06. The van der Waals surface area contributed by atoms with E-state index in [9.17, 15) is 5.11 Å². The summed E-state index contributed by atoms with van der Waals surface area (Å²) in [5.74, 6) is 0.871. The van der Waals surface area contributed by atoms with Gasteiger partial charge in [0.1, 0.15) is 5.75 Å². The molecule has 116 valence electrons. The number of aryl methyl sites for hydroxylation is 1. The number of methoxy groups -OCH3 is 1. The highest BCUT2D eigenvalue weighted by Crippen LogP contribution is 2.14. The van der Waals surface area contributed by atoms with E-state index in [-0.39, 0.29) is 6.10 Å². The minimum atomic E-state index is -0.248. The summed E-state index contributed by atoms with van der Waals surface area (Å²) in [6.45, 7) is 0. The minimum Gasteiger partial charge on any atom is -0.497 e. The molecule has 2 aromatic rings. The van der Waals surface area contributed by atoms with Crippen molar-refractivity contribution in [3.05, 3.63) is 71.8 Å². The average Bonchev–Trinajstić information content (AvgIpc) is 2.58. The largest absolute Gasteiger partial charge is 0.497 e. The molecule has 0 aliphatic carbocycles. The first-order chi connectivity index (χ1) is 10.8. The summed E-state index contributed by atoms with van der Waals surface area (Å²) in [4.78, 5) is 0. The molecule has 0 amide bonds. The molecular weight excluding hydrogens is 272 g/mol. The second-order valence-electron chi connectivity index (χ2n) is 5.43. The third-order valence-corrected chi connectivity index (χ3v) is 3.70. The zero-order chi connectivity index (χ0) is 15.6. The second-order valence-corrected chi connectivity index (χ2v) is 5.43. The van der Waals surface area contributed by atoms with Crippen molar-refractivity contribution in [1.82, 2.24) is 0 Å². The summed E-state index contributed by atoms with van der Waals surface area (Å²) >= 11 is 0. The monoisotopic (exact) mass is 296 g/mol. The van der Waals surface area contributed by atoms with Crippen molar-refractivity contribution in [2.45, 2.75) is 31.8 Å². The maximum Gasteiger partial charge on any atom is 0.118 e. The van der Waals surface area contributed by atoms with Crippen LogP contribution in [0.15, 0.2) is 60.7 Å². The molecule has 0 spiro atoms. The first-order valence-electron chi connectivity index (χ1n) is 7.80. The standard InChI is InChI=1S/C20H24O2/c1-22-20-15-12-18(13-16-20)11-14-19(21)10-6-5-9-17-7-3-2-4-8-17/h2-5,7-9,12-13,15-16,19,21H,6,10-11,14H2,1H3/b9-5+/t19-/m1/s1. The molecule has 1 atom stereocenters. The SMILES string of the molecule is COc1ccc(CC[C@H](O)CC/C=C/c2ccccc2)cc1. The lowest BCUT2D eigenvalue weighted by molar-refractivity contribution is 0.156. The van der Waals surface area contributed by atoms with Crippen LogP contribution in [0.3, 0.4) is 0 Å². The van der Waals surface area contributed by atoms with Crippen LogP contribution in [0.2, 0.25) is 0 Å². The van der Waals surface area contributed by atoms with Gasteiger partial charge in [-0.2, -0.15) is 0 Å². The van der Waals surface area contributed by atoms with Crippen LogP contribution in [0.5, 0.6) is 5.75 Å². The van der Waals surface area contributed by atoms with Crippen molar-refractivity contribution in [1.29, 1.82) is 0 Å². The number of aliphatic hydroxyl groups is 1. The molecule has 0 radical (unpaired) electrons. The Morgan fingerprint density at radius 1 is 1.00 bits per heavy atom. The minimum absolute atomic E-state index is 0.248. The first-order valence-corrected chi connectivity index (χ1v) is 7.80. The molecule has 2 nitrogen and oxygen atoms in total. The molecule has 0 heterocycles. The Hall–Kier alpha value is -2.06. The molecule has 0 saturated heterocycles. The zero-order valence-electron chi connectivity index (χ0n) is 13.1. The Morgan fingerprint density at radius 3 is 2.41 bits per heavy atom. The maximum absolute atomic E-state index is 10.0. The number of hydrogen-bond acceptors (Lipinski definition) is 2. The van der Waals surface area contributed by atoms with E-state index in [0.29, 0.717) is 0 Å². The molecule has 0 saturated carbocycles. The van der Waals surface area contributed by atoms with E-state index >= 15 is 0 Å². The van der Waals surface area contributed by atoms with E-state index in [2.05, 4.69) is 36.4 Å². The lowest BCUT2D eigenvalue weighted by atomic mass is 10.0. The summed E-state index contributed by atoms with van der Waals surface area (Å²) in [5, 5.41) is 10.0. The first kappa shape index (κ1) is 16.3. The van der Waals surface area contributed by atoms with E-state index < -0.39 is 0 Å². The van der Waals surface area contributed by atoms with Crippen molar-refractivity contribution >= 4 is 6.08 Å². The highest BCUT2D eigenvalue weighted by Gasteiger charge is 2.03. The number of benzene rings is 2. The van der Waals surface area contributed by atoms with Crippen LogP contribution in [0.25, 0.3) is 6.08 Å². The predicted octanol–water partition coefficient (Wildman–Crippen LogP) is 4.48. The number of aliphatic hydroxyl groups excluding tert-OH is 1. The van der Waals surface area contributed by atoms with Crippen LogP contribution in [-0.2, 0) is 6.42 Å². The van der Waals surface area contributed by atoms with Crippen molar-refractivity contribution in [2.75, 3.05) is 7.11 Å². The Kier molecular flexibility index (Phi) is 6.72. The van der Waals surface area contributed by atoms with Gasteiger partial charge < -0.3 is 9.84 Å². The van der Waals surface area contributed by atoms with Crippen LogP contribution in [0, 0.1) is 0 Å². The molecule has 0 unspecified atom stereocenters. The van der Waals surface area contributed by atoms with E-state index in [1.165, 1.54) is 11.1 Å². The molecule has 2 rings (SSSR count). The quantitative estimate of drug-likeness (QED) is 0.778. The van der Waals surface area contributed by atoms with Gasteiger partial charge in [-0.15, -0.1) is 0 Å². The average molecular weight is 296 g/mol. The van der Waals surface area contributed by atoms with Crippen LogP contribution in [-0.4, -0.2) is 18.3 Å². The van der Waals surface area contributed by atoms with Gasteiger partial charge in [-0.05, 0) is 48.9 Å². The molecule has 2 heteroatoms. The van der Waals surface area contributed by atoms with E-state index in [4.69, 9.17) is 4.74 Å². The number of hydrogen-bond donors (Lipinski definition) is 1. The smallest absolute Gasteiger partial charge is 0.118 e. The third kappa shape index (κ3) is 5.74. The summed E-state index contributed by atoms with van der Waals surface area (Å²) < 4.78 is 5.14. The van der Waals surface area contributed by atoms with Gasteiger partial charge in [0.2, 0.25) is 0 Å². The van der Waals surface area contributed by atoms with Gasteiger partial charge in [0.25, 0.3) is 0 Å². The molecule has 22 heavy (non-hydrogen) atoms.